The molecule has 0 N–H and O–H groups in total. The molecule has 2 aliphatic rings. The molecular weight excluding hydrogens is 335 g/mol. The third kappa shape index (κ3) is 5.94. The Morgan fingerprint density at radius 2 is 1.50 bits per heavy atom. The molecule has 0 bridgehead atoms. The SMILES string of the molecule is Cc1ccc(C2CCC([SiH]3CCC(CCCCCCF)CC3)CC2)cc1. The second kappa shape index (κ2) is 10.6. The fourth-order valence-corrected chi connectivity index (χ4v) is 9.95. The van der Waals surface area contributed by atoms with Crippen molar-refractivity contribution in [1.29, 1.82) is 0 Å². The maximum atomic E-state index is 12.1. The number of halogens is 1. The molecule has 1 saturated heterocycles. The maximum absolute atomic E-state index is 12.1. The van der Waals surface area contributed by atoms with Crippen LogP contribution < -0.4 is 0 Å². The van der Waals surface area contributed by atoms with E-state index in [1.165, 1.54) is 63.4 Å². The molecule has 2 heteroatoms. The van der Waals surface area contributed by atoms with Crippen LogP contribution in [0.2, 0.25) is 17.6 Å². The van der Waals surface area contributed by atoms with Gasteiger partial charge in [0.05, 0.1) is 6.67 Å². The Hall–Kier alpha value is -0.633. The van der Waals surface area contributed by atoms with Crippen LogP contribution in [0, 0.1) is 12.8 Å². The van der Waals surface area contributed by atoms with E-state index in [0.717, 1.165) is 30.2 Å². The summed E-state index contributed by atoms with van der Waals surface area (Å²) < 4.78 is 12.1. The number of alkyl halides is 1. The van der Waals surface area contributed by atoms with Crippen LogP contribution in [0.1, 0.15) is 87.7 Å². The van der Waals surface area contributed by atoms with E-state index in [1.54, 1.807) is 17.7 Å². The number of aryl methyl sites for hydroxylation is 1. The van der Waals surface area contributed by atoms with Crippen LogP contribution in [0.5, 0.6) is 0 Å². The molecule has 0 amide bonds. The van der Waals surface area contributed by atoms with Gasteiger partial charge in [-0.2, -0.15) is 0 Å². The minimum Gasteiger partial charge on any atom is -0.251 e. The first kappa shape index (κ1) is 20.1. The Kier molecular flexibility index (Phi) is 8.23. The Balaban J connectivity index is 1.34. The van der Waals surface area contributed by atoms with Gasteiger partial charge in [-0.25, -0.2) is 0 Å². The summed E-state index contributed by atoms with van der Waals surface area (Å²) in [6.45, 7) is 2.07. The van der Waals surface area contributed by atoms with Crippen molar-refractivity contribution in [1.82, 2.24) is 0 Å². The van der Waals surface area contributed by atoms with Gasteiger partial charge >= 0.3 is 0 Å². The largest absolute Gasteiger partial charge is 0.251 e. The summed E-state index contributed by atoms with van der Waals surface area (Å²) in [5.74, 6) is 1.84. The van der Waals surface area contributed by atoms with Crippen LogP contribution in [-0.2, 0) is 0 Å². The fraction of sp³-hybridized carbons (Fsp3) is 0.750. The normalized spacial score (nSPS) is 29.6. The number of hydrogen-bond acceptors (Lipinski definition) is 0. The molecule has 2 fully saturated rings. The standard InChI is InChI=1S/C24H39FSi/c1-20-7-9-22(10-8-20)23-11-13-24(14-12-23)26-18-15-21(16-19-26)6-4-2-3-5-17-25/h7-10,21,23-24,26H,2-6,11-19H2,1H3. The fourth-order valence-electron chi connectivity index (χ4n) is 5.59. The van der Waals surface area contributed by atoms with Crippen LogP contribution in [0.15, 0.2) is 24.3 Å². The zero-order chi connectivity index (χ0) is 18.2. The highest BCUT2D eigenvalue weighted by atomic mass is 28.3. The van der Waals surface area contributed by atoms with Gasteiger partial charge in [-0.05, 0) is 49.1 Å². The summed E-state index contributed by atoms with van der Waals surface area (Å²) in [6, 6.07) is 12.6. The second-order valence-electron chi connectivity index (χ2n) is 9.20. The van der Waals surface area contributed by atoms with Gasteiger partial charge in [0.25, 0.3) is 0 Å². The van der Waals surface area contributed by atoms with E-state index in [2.05, 4.69) is 31.2 Å². The van der Waals surface area contributed by atoms with E-state index in [4.69, 9.17) is 0 Å². The molecule has 1 aliphatic heterocycles. The number of rotatable bonds is 8. The summed E-state index contributed by atoms with van der Waals surface area (Å²) >= 11 is 0. The zero-order valence-electron chi connectivity index (χ0n) is 16.9. The molecule has 1 aromatic carbocycles. The molecule has 0 atom stereocenters. The van der Waals surface area contributed by atoms with Crippen molar-refractivity contribution in [3.8, 4) is 0 Å². The van der Waals surface area contributed by atoms with Crippen LogP contribution in [-0.4, -0.2) is 15.5 Å². The maximum Gasteiger partial charge on any atom is 0.0894 e. The van der Waals surface area contributed by atoms with Crippen molar-refractivity contribution in [3.63, 3.8) is 0 Å². The second-order valence-corrected chi connectivity index (χ2v) is 12.8. The van der Waals surface area contributed by atoms with E-state index in [9.17, 15) is 4.39 Å². The van der Waals surface area contributed by atoms with Crippen molar-refractivity contribution >= 4 is 8.80 Å². The third-order valence-electron chi connectivity index (χ3n) is 7.37. The molecule has 3 rings (SSSR count). The average molecular weight is 375 g/mol. The van der Waals surface area contributed by atoms with Gasteiger partial charge in [-0.3, -0.25) is 4.39 Å². The van der Waals surface area contributed by atoms with Crippen molar-refractivity contribution < 1.29 is 4.39 Å². The third-order valence-corrected chi connectivity index (χ3v) is 11.5. The highest BCUT2D eigenvalue weighted by molar-refractivity contribution is 6.60. The van der Waals surface area contributed by atoms with Crippen molar-refractivity contribution in [2.75, 3.05) is 6.67 Å². The predicted octanol–water partition coefficient (Wildman–Crippen LogP) is 7.58. The Morgan fingerprint density at radius 1 is 0.846 bits per heavy atom. The Labute approximate surface area is 162 Å². The smallest absolute Gasteiger partial charge is 0.0894 e. The minimum absolute atomic E-state index is 0.122. The van der Waals surface area contributed by atoms with Gasteiger partial charge in [0.2, 0.25) is 0 Å². The van der Waals surface area contributed by atoms with Gasteiger partial charge in [0, 0.05) is 8.80 Å². The highest BCUT2D eigenvalue weighted by Crippen LogP contribution is 2.44. The van der Waals surface area contributed by atoms with E-state index >= 15 is 0 Å². The molecule has 0 aromatic heterocycles. The van der Waals surface area contributed by atoms with Crippen molar-refractivity contribution in [3.05, 3.63) is 35.4 Å². The molecule has 1 heterocycles. The lowest BCUT2D eigenvalue weighted by Gasteiger charge is -2.37. The molecule has 1 aromatic rings. The summed E-state index contributed by atoms with van der Waals surface area (Å²) in [7, 11) is -0.477. The molecule has 0 radical (unpaired) electrons. The summed E-state index contributed by atoms with van der Waals surface area (Å²) in [5, 5.41) is 0. The highest BCUT2D eigenvalue weighted by Gasteiger charge is 2.31. The number of hydrogen-bond donors (Lipinski definition) is 0. The quantitative estimate of drug-likeness (QED) is 0.325. The molecule has 146 valence electrons. The van der Waals surface area contributed by atoms with Gasteiger partial charge in [-0.15, -0.1) is 0 Å². The topological polar surface area (TPSA) is 0 Å². The van der Waals surface area contributed by atoms with Gasteiger partial charge < -0.3 is 0 Å². The Morgan fingerprint density at radius 3 is 2.15 bits per heavy atom. The van der Waals surface area contributed by atoms with Crippen LogP contribution in [0.4, 0.5) is 4.39 Å². The van der Waals surface area contributed by atoms with Crippen molar-refractivity contribution in [2.24, 2.45) is 5.92 Å². The zero-order valence-corrected chi connectivity index (χ0v) is 18.1. The van der Waals surface area contributed by atoms with Crippen molar-refractivity contribution in [2.45, 2.75) is 101 Å². The predicted molar refractivity (Wildman–Crippen MR) is 115 cm³/mol. The molecule has 1 saturated carbocycles. The van der Waals surface area contributed by atoms with Gasteiger partial charge in [-0.1, -0.05) is 93.3 Å². The molecule has 0 nitrogen and oxygen atoms in total. The molecule has 0 spiro atoms. The van der Waals surface area contributed by atoms with Crippen LogP contribution in [0.3, 0.4) is 0 Å². The van der Waals surface area contributed by atoms with E-state index in [1.807, 2.05) is 0 Å². The van der Waals surface area contributed by atoms with Crippen LogP contribution >= 0.6 is 0 Å². The number of benzene rings is 1. The summed E-state index contributed by atoms with van der Waals surface area (Å²) in [4.78, 5) is 0. The first-order valence-corrected chi connectivity index (χ1v) is 13.7. The first-order chi connectivity index (χ1) is 12.8. The lowest BCUT2D eigenvalue weighted by molar-refractivity contribution is 0.392. The molecular formula is C24H39FSi. The first-order valence-electron chi connectivity index (χ1n) is 11.4. The van der Waals surface area contributed by atoms with E-state index in [0.29, 0.717) is 0 Å². The van der Waals surface area contributed by atoms with Gasteiger partial charge in [0.1, 0.15) is 0 Å². The Bertz CT molecular complexity index is 495. The van der Waals surface area contributed by atoms with Crippen LogP contribution in [0.25, 0.3) is 0 Å². The molecule has 1 aliphatic carbocycles. The average Bonchev–Trinajstić information content (AvgIpc) is 2.69. The molecule has 0 unspecified atom stereocenters. The lowest BCUT2D eigenvalue weighted by Crippen LogP contribution is -2.29. The van der Waals surface area contributed by atoms with E-state index in [-0.39, 0.29) is 6.67 Å². The molecule has 26 heavy (non-hydrogen) atoms. The number of unbranched alkanes of at least 4 members (excludes halogenated alkanes) is 3. The minimum atomic E-state index is -0.477. The lowest BCUT2D eigenvalue weighted by atomic mass is 9.83. The monoisotopic (exact) mass is 374 g/mol. The van der Waals surface area contributed by atoms with E-state index < -0.39 is 8.80 Å². The summed E-state index contributed by atoms with van der Waals surface area (Å²) in [6.07, 6.45) is 14.9. The summed E-state index contributed by atoms with van der Waals surface area (Å²) in [5.41, 5.74) is 4.11. The van der Waals surface area contributed by atoms with Gasteiger partial charge in [0.15, 0.2) is 0 Å².